The smallest absolute Gasteiger partial charge is 0.348 e. The summed E-state index contributed by atoms with van der Waals surface area (Å²) >= 11 is 6.66. The normalized spacial score (nSPS) is 14.7. The Morgan fingerprint density at radius 2 is 1.67 bits per heavy atom. The number of thiocarbonyl (C=S) groups is 1. The van der Waals surface area contributed by atoms with Crippen molar-refractivity contribution in [3.05, 3.63) is 16.0 Å². The molecular weight excluding hydrogens is 348 g/mol. The molecule has 2 rings (SSSR count). The Labute approximate surface area is 151 Å². The number of esters is 2. The summed E-state index contributed by atoms with van der Waals surface area (Å²) in [5, 5.41) is 4.22. The van der Waals surface area contributed by atoms with Crippen LogP contribution >= 0.6 is 23.6 Å². The summed E-state index contributed by atoms with van der Waals surface area (Å²) in [6, 6.07) is 0. The summed E-state index contributed by atoms with van der Waals surface area (Å²) in [6.07, 6.45) is 4.61. The zero-order chi connectivity index (χ0) is 17.7. The first kappa shape index (κ1) is 18.7. The first-order chi connectivity index (χ1) is 11.5. The molecule has 1 saturated heterocycles. The lowest BCUT2D eigenvalue weighted by atomic mass is 10.1. The molecule has 6 nitrogen and oxygen atoms in total. The predicted octanol–water partition coefficient (Wildman–Crippen LogP) is 3.20. The van der Waals surface area contributed by atoms with E-state index in [-0.39, 0.29) is 0 Å². The Balaban J connectivity index is 2.29. The van der Waals surface area contributed by atoms with Crippen LogP contribution in [0.15, 0.2) is 0 Å². The van der Waals surface area contributed by atoms with Crippen molar-refractivity contribution in [3.8, 4) is 0 Å². The third-order valence-corrected chi connectivity index (χ3v) is 5.57. The van der Waals surface area contributed by atoms with Gasteiger partial charge in [-0.2, -0.15) is 0 Å². The van der Waals surface area contributed by atoms with Crippen molar-refractivity contribution in [2.75, 3.05) is 32.6 Å². The van der Waals surface area contributed by atoms with E-state index >= 15 is 0 Å². The molecule has 8 heteroatoms. The number of thiophene rings is 1. The molecule has 1 aliphatic rings. The standard InChI is InChI=1S/C16H22N2O4S2/c1-10-11(14(19)21-2)13(24-12(10)15(20)22-3)17-16(23)18-8-6-4-5-7-9-18/h4-9H2,1-3H3,(H,17,23). The van der Waals surface area contributed by atoms with E-state index < -0.39 is 11.9 Å². The molecule has 1 N–H and O–H groups in total. The van der Waals surface area contributed by atoms with Crippen molar-refractivity contribution in [3.63, 3.8) is 0 Å². The molecule has 24 heavy (non-hydrogen) atoms. The van der Waals surface area contributed by atoms with E-state index in [1.54, 1.807) is 6.92 Å². The highest BCUT2D eigenvalue weighted by Gasteiger charge is 2.27. The number of carbonyl (C=O) groups excluding carboxylic acids is 2. The summed E-state index contributed by atoms with van der Waals surface area (Å²) in [5.74, 6) is -0.975. The van der Waals surface area contributed by atoms with Crippen LogP contribution in [0.25, 0.3) is 0 Å². The third kappa shape index (κ3) is 4.05. The van der Waals surface area contributed by atoms with Crippen LogP contribution in [0.4, 0.5) is 5.00 Å². The second kappa shape index (κ2) is 8.43. The zero-order valence-corrected chi connectivity index (χ0v) is 15.8. The van der Waals surface area contributed by atoms with Crippen LogP contribution in [0.3, 0.4) is 0 Å². The second-order valence-electron chi connectivity index (χ2n) is 5.57. The van der Waals surface area contributed by atoms with Crippen LogP contribution < -0.4 is 5.32 Å². The summed E-state index contributed by atoms with van der Waals surface area (Å²) in [5.41, 5.74) is 0.875. The van der Waals surface area contributed by atoms with E-state index in [0.717, 1.165) is 37.3 Å². The number of anilines is 1. The van der Waals surface area contributed by atoms with Gasteiger partial charge in [0.2, 0.25) is 0 Å². The minimum absolute atomic E-state index is 0.333. The second-order valence-corrected chi connectivity index (χ2v) is 6.98. The summed E-state index contributed by atoms with van der Waals surface area (Å²) < 4.78 is 9.64. The number of hydrogen-bond donors (Lipinski definition) is 1. The fraction of sp³-hybridized carbons (Fsp3) is 0.562. The van der Waals surface area contributed by atoms with Crippen molar-refractivity contribution in [2.24, 2.45) is 0 Å². The number of nitrogens with zero attached hydrogens (tertiary/aromatic N) is 1. The molecule has 0 amide bonds. The van der Waals surface area contributed by atoms with Gasteiger partial charge in [0.05, 0.1) is 19.8 Å². The topological polar surface area (TPSA) is 67.9 Å². The van der Waals surface area contributed by atoms with Crippen molar-refractivity contribution >= 4 is 45.6 Å². The monoisotopic (exact) mass is 370 g/mol. The quantitative estimate of drug-likeness (QED) is 0.647. The number of methoxy groups -OCH3 is 2. The van der Waals surface area contributed by atoms with Crippen LogP contribution in [0.2, 0.25) is 0 Å². The minimum atomic E-state index is -0.500. The van der Waals surface area contributed by atoms with Gasteiger partial charge in [-0.3, -0.25) is 0 Å². The van der Waals surface area contributed by atoms with Gasteiger partial charge in [0.1, 0.15) is 9.88 Å². The van der Waals surface area contributed by atoms with Gasteiger partial charge in [-0.15, -0.1) is 11.3 Å². The third-order valence-electron chi connectivity index (χ3n) is 4.02. The Morgan fingerprint density at radius 3 is 2.21 bits per heavy atom. The first-order valence-corrected chi connectivity index (χ1v) is 9.08. The maximum atomic E-state index is 12.1. The fourth-order valence-electron chi connectivity index (χ4n) is 2.69. The van der Waals surface area contributed by atoms with Gasteiger partial charge < -0.3 is 19.7 Å². The zero-order valence-electron chi connectivity index (χ0n) is 14.1. The van der Waals surface area contributed by atoms with Gasteiger partial charge in [0.25, 0.3) is 0 Å². The summed E-state index contributed by atoms with van der Waals surface area (Å²) in [4.78, 5) is 26.5. The molecule has 0 spiro atoms. The number of nitrogens with one attached hydrogen (secondary N) is 1. The van der Waals surface area contributed by atoms with E-state index in [0.29, 0.717) is 26.1 Å². The molecule has 2 heterocycles. The molecule has 1 aromatic rings. The number of likely N-dealkylation sites (tertiary alicyclic amines) is 1. The van der Waals surface area contributed by atoms with Crippen LogP contribution in [0.1, 0.15) is 51.3 Å². The molecule has 132 valence electrons. The van der Waals surface area contributed by atoms with Crippen LogP contribution in [0.5, 0.6) is 0 Å². The summed E-state index contributed by atoms with van der Waals surface area (Å²) in [7, 11) is 2.63. The van der Waals surface area contributed by atoms with Gasteiger partial charge in [0.15, 0.2) is 5.11 Å². The molecule has 0 bridgehead atoms. The highest BCUT2D eigenvalue weighted by molar-refractivity contribution is 7.80. The lowest BCUT2D eigenvalue weighted by Gasteiger charge is -2.23. The fourth-order valence-corrected chi connectivity index (χ4v) is 4.15. The minimum Gasteiger partial charge on any atom is -0.465 e. The molecule has 0 aromatic carbocycles. The first-order valence-electron chi connectivity index (χ1n) is 7.85. The number of rotatable bonds is 3. The molecule has 1 aliphatic heterocycles. The molecule has 1 fully saturated rings. The van der Waals surface area contributed by atoms with Gasteiger partial charge in [0, 0.05) is 13.1 Å². The Morgan fingerprint density at radius 1 is 1.08 bits per heavy atom. The average molecular weight is 370 g/mol. The molecule has 1 aromatic heterocycles. The maximum absolute atomic E-state index is 12.1. The van der Waals surface area contributed by atoms with Crippen molar-refractivity contribution < 1.29 is 19.1 Å². The molecule has 0 aliphatic carbocycles. The lowest BCUT2D eigenvalue weighted by Crippen LogP contribution is -2.35. The Kier molecular flexibility index (Phi) is 6.56. The van der Waals surface area contributed by atoms with Gasteiger partial charge in [-0.05, 0) is 37.5 Å². The van der Waals surface area contributed by atoms with Crippen molar-refractivity contribution in [1.82, 2.24) is 4.90 Å². The van der Waals surface area contributed by atoms with Gasteiger partial charge in [-0.25, -0.2) is 9.59 Å². The number of carbonyl (C=O) groups is 2. The number of ether oxygens (including phenoxy) is 2. The highest BCUT2D eigenvalue weighted by atomic mass is 32.1. The molecule has 0 unspecified atom stereocenters. The molecule has 0 radical (unpaired) electrons. The van der Waals surface area contributed by atoms with Crippen LogP contribution in [0, 0.1) is 6.92 Å². The largest absolute Gasteiger partial charge is 0.465 e. The van der Waals surface area contributed by atoms with Gasteiger partial charge in [-0.1, -0.05) is 12.8 Å². The number of hydrogen-bond acceptors (Lipinski definition) is 6. The highest BCUT2D eigenvalue weighted by Crippen LogP contribution is 2.34. The van der Waals surface area contributed by atoms with Crippen LogP contribution in [-0.2, 0) is 9.47 Å². The van der Waals surface area contributed by atoms with Crippen molar-refractivity contribution in [1.29, 1.82) is 0 Å². The summed E-state index contributed by atoms with van der Waals surface area (Å²) in [6.45, 7) is 3.50. The lowest BCUT2D eigenvalue weighted by molar-refractivity contribution is 0.0601. The molecule has 0 atom stereocenters. The van der Waals surface area contributed by atoms with E-state index in [9.17, 15) is 9.59 Å². The SMILES string of the molecule is COC(=O)c1sc(NC(=S)N2CCCCCC2)c(C(=O)OC)c1C. The van der Waals surface area contributed by atoms with E-state index in [2.05, 4.69) is 10.2 Å². The molecule has 0 saturated carbocycles. The van der Waals surface area contributed by atoms with Crippen LogP contribution in [-0.4, -0.2) is 49.3 Å². The Bertz CT molecular complexity index is 634. The van der Waals surface area contributed by atoms with E-state index in [4.69, 9.17) is 21.7 Å². The van der Waals surface area contributed by atoms with E-state index in [1.165, 1.54) is 27.1 Å². The Hall–Kier alpha value is -1.67. The predicted molar refractivity (Wildman–Crippen MR) is 98.0 cm³/mol. The van der Waals surface area contributed by atoms with Crippen molar-refractivity contribution in [2.45, 2.75) is 32.6 Å². The maximum Gasteiger partial charge on any atom is 0.348 e. The average Bonchev–Trinajstić information content (AvgIpc) is 2.77. The van der Waals surface area contributed by atoms with E-state index in [1.807, 2.05) is 0 Å². The van der Waals surface area contributed by atoms with Gasteiger partial charge >= 0.3 is 11.9 Å². The molecular formula is C16H22N2O4S2.